The molecule has 0 spiro atoms. The molecule has 1 aromatic rings. The molecule has 138 valence electrons. The molecule has 8 heteroatoms. The molecule has 0 aromatic carbocycles. The number of carbonyl (C=O) groups excluding carboxylic acids is 2. The van der Waals surface area contributed by atoms with Crippen LogP contribution in [0.15, 0.2) is 18.5 Å². The summed E-state index contributed by atoms with van der Waals surface area (Å²) in [5.74, 6) is 0.649. The van der Waals surface area contributed by atoms with Gasteiger partial charge in [0.15, 0.2) is 0 Å². The Morgan fingerprint density at radius 3 is 2.84 bits per heavy atom. The number of nitrogens with zero attached hydrogens (tertiary/aromatic N) is 3. The second kappa shape index (κ2) is 9.80. The third-order valence-corrected chi connectivity index (χ3v) is 4.25. The van der Waals surface area contributed by atoms with E-state index in [4.69, 9.17) is 0 Å². The minimum atomic E-state index is -0.239. The summed E-state index contributed by atoms with van der Waals surface area (Å²) in [6.07, 6.45) is 6.51. The van der Waals surface area contributed by atoms with Gasteiger partial charge in [-0.25, -0.2) is 14.8 Å². The van der Waals surface area contributed by atoms with E-state index in [0.29, 0.717) is 19.0 Å². The third-order valence-electron chi connectivity index (χ3n) is 4.25. The maximum absolute atomic E-state index is 12.0. The molecule has 1 aliphatic rings. The average molecular weight is 348 g/mol. The molecule has 1 fully saturated rings. The lowest BCUT2D eigenvalue weighted by atomic mass is 10.1. The predicted molar refractivity (Wildman–Crippen MR) is 96.3 cm³/mol. The standard InChI is InChI=1S/C17H28N6O2/c1-3-13(2)21-15(24)7-10-20-17(25)22-14-6-4-11-23(12-14)16-18-8-5-9-19-16/h5,8-9,13-14H,3-4,6-7,10-12H2,1-2H3,(H,21,24)(H2,20,22,25)/t13-,14+/m0/s1. The van der Waals surface area contributed by atoms with Crippen LogP contribution in [0.5, 0.6) is 0 Å². The lowest BCUT2D eigenvalue weighted by molar-refractivity contribution is -0.121. The van der Waals surface area contributed by atoms with Crippen molar-refractivity contribution in [1.29, 1.82) is 0 Å². The summed E-state index contributed by atoms with van der Waals surface area (Å²) in [6.45, 7) is 5.88. The zero-order valence-electron chi connectivity index (χ0n) is 15.0. The average Bonchev–Trinajstić information content (AvgIpc) is 2.62. The van der Waals surface area contributed by atoms with Crippen LogP contribution in [0, 0.1) is 0 Å². The van der Waals surface area contributed by atoms with Crippen LogP contribution in [0.2, 0.25) is 0 Å². The molecule has 1 aliphatic heterocycles. The Hall–Kier alpha value is -2.38. The largest absolute Gasteiger partial charge is 0.354 e. The predicted octanol–water partition coefficient (Wildman–Crippen LogP) is 1.05. The molecule has 0 unspecified atom stereocenters. The second-order valence-corrected chi connectivity index (χ2v) is 6.36. The number of nitrogens with one attached hydrogen (secondary N) is 3. The Labute approximate surface area is 148 Å². The molecule has 0 saturated carbocycles. The minimum Gasteiger partial charge on any atom is -0.354 e. The quantitative estimate of drug-likeness (QED) is 0.684. The highest BCUT2D eigenvalue weighted by atomic mass is 16.2. The van der Waals surface area contributed by atoms with Gasteiger partial charge in [-0.2, -0.15) is 0 Å². The second-order valence-electron chi connectivity index (χ2n) is 6.36. The Morgan fingerprint density at radius 1 is 1.36 bits per heavy atom. The lowest BCUT2D eigenvalue weighted by Crippen LogP contribution is -2.51. The van der Waals surface area contributed by atoms with Crippen molar-refractivity contribution < 1.29 is 9.59 Å². The van der Waals surface area contributed by atoms with Crippen molar-refractivity contribution in [2.45, 2.75) is 51.6 Å². The van der Waals surface area contributed by atoms with Crippen molar-refractivity contribution in [3.05, 3.63) is 18.5 Å². The fourth-order valence-electron chi connectivity index (χ4n) is 2.71. The van der Waals surface area contributed by atoms with Crippen molar-refractivity contribution in [2.24, 2.45) is 0 Å². The van der Waals surface area contributed by atoms with Crippen molar-refractivity contribution in [3.8, 4) is 0 Å². The molecule has 0 bridgehead atoms. The first-order chi connectivity index (χ1) is 12.1. The van der Waals surface area contributed by atoms with E-state index in [1.165, 1.54) is 0 Å². The normalized spacial score (nSPS) is 18.3. The fraction of sp³-hybridized carbons (Fsp3) is 0.647. The maximum Gasteiger partial charge on any atom is 0.315 e. The molecular formula is C17H28N6O2. The molecule has 2 rings (SSSR count). The molecule has 1 aromatic heterocycles. The van der Waals surface area contributed by atoms with Gasteiger partial charge in [0, 0.05) is 50.5 Å². The molecule has 8 nitrogen and oxygen atoms in total. The topological polar surface area (TPSA) is 99.2 Å². The number of piperidine rings is 1. The smallest absolute Gasteiger partial charge is 0.315 e. The van der Waals surface area contributed by atoms with E-state index in [2.05, 4.69) is 30.8 Å². The Morgan fingerprint density at radius 2 is 2.12 bits per heavy atom. The van der Waals surface area contributed by atoms with Crippen molar-refractivity contribution in [1.82, 2.24) is 25.9 Å². The van der Waals surface area contributed by atoms with Crippen molar-refractivity contribution in [3.63, 3.8) is 0 Å². The zero-order chi connectivity index (χ0) is 18.1. The Balaban J connectivity index is 1.69. The number of anilines is 1. The van der Waals surface area contributed by atoms with E-state index in [-0.39, 0.29) is 30.4 Å². The van der Waals surface area contributed by atoms with E-state index in [1.54, 1.807) is 18.5 Å². The van der Waals surface area contributed by atoms with Crippen molar-refractivity contribution in [2.75, 3.05) is 24.5 Å². The summed E-state index contributed by atoms with van der Waals surface area (Å²) < 4.78 is 0. The van der Waals surface area contributed by atoms with Crippen LogP contribution in [0.1, 0.15) is 39.5 Å². The first kappa shape index (κ1) is 19.0. The summed E-state index contributed by atoms with van der Waals surface area (Å²) in [4.78, 5) is 34.3. The lowest BCUT2D eigenvalue weighted by Gasteiger charge is -2.33. The van der Waals surface area contributed by atoms with Crippen LogP contribution in [0.25, 0.3) is 0 Å². The van der Waals surface area contributed by atoms with E-state index >= 15 is 0 Å². The van der Waals surface area contributed by atoms with Gasteiger partial charge in [0.2, 0.25) is 11.9 Å². The van der Waals surface area contributed by atoms with Gasteiger partial charge in [-0.05, 0) is 32.3 Å². The first-order valence-electron chi connectivity index (χ1n) is 8.94. The van der Waals surface area contributed by atoms with Crippen LogP contribution in [-0.4, -0.2) is 53.6 Å². The van der Waals surface area contributed by atoms with E-state index in [0.717, 1.165) is 25.8 Å². The molecular weight excluding hydrogens is 320 g/mol. The molecule has 0 radical (unpaired) electrons. The third kappa shape index (κ3) is 6.56. The Bertz CT molecular complexity index is 553. The van der Waals surface area contributed by atoms with Gasteiger partial charge in [0.25, 0.3) is 0 Å². The molecule has 3 N–H and O–H groups in total. The highest BCUT2D eigenvalue weighted by Gasteiger charge is 2.22. The number of urea groups is 1. The van der Waals surface area contributed by atoms with Gasteiger partial charge in [-0.1, -0.05) is 6.92 Å². The minimum absolute atomic E-state index is 0.0419. The number of carbonyl (C=O) groups is 2. The van der Waals surface area contributed by atoms with Gasteiger partial charge < -0.3 is 20.9 Å². The summed E-state index contributed by atoms with van der Waals surface area (Å²) >= 11 is 0. The fourth-order valence-corrected chi connectivity index (χ4v) is 2.71. The van der Waals surface area contributed by atoms with Crippen LogP contribution in [0.4, 0.5) is 10.7 Å². The highest BCUT2D eigenvalue weighted by Crippen LogP contribution is 2.15. The molecule has 2 heterocycles. The van der Waals surface area contributed by atoms with Crippen molar-refractivity contribution >= 4 is 17.9 Å². The van der Waals surface area contributed by atoms with Gasteiger partial charge in [0.05, 0.1) is 0 Å². The summed E-state index contributed by atoms with van der Waals surface area (Å²) in [6, 6.07) is 1.76. The number of amides is 3. The van der Waals surface area contributed by atoms with Gasteiger partial charge in [-0.15, -0.1) is 0 Å². The Kier molecular flexibility index (Phi) is 7.43. The van der Waals surface area contributed by atoms with Crippen LogP contribution < -0.4 is 20.9 Å². The first-order valence-corrected chi connectivity index (χ1v) is 8.94. The summed E-state index contributed by atoms with van der Waals surface area (Å²) in [5, 5.41) is 8.59. The van der Waals surface area contributed by atoms with E-state index in [1.807, 2.05) is 13.8 Å². The maximum atomic E-state index is 12.0. The van der Waals surface area contributed by atoms with Gasteiger partial charge in [0.1, 0.15) is 0 Å². The van der Waals surface area contributed by atoms with Crippen LogP contribution in [-0.2, 0) is 4.79 Å². The summed E-state index contributed by atoms with van der Waals surface area (Å²) in [7, 11) is 0. The SMILES string of the molecule is CC[C@H](C)NC(=O)CCNC(=O)N[C@@H]1CCCN(c2ncccn2)C1. The zero-order valence-corrected chi connectivity index (χ0v) is 15.0. The number of aromatic nitrogens is 2. The van der Waals surface area contributed by atoms with E-state index in [9.17, 15) is 9.59 Å². The number of hydrogen-bond acceptors (Lipinski definition) is 5. The number of rotatable bonds is 7. The summed E-state index contributed by atoms with van der Waals surface area (Å²) in [5.41, 5.74) is 0. The van der Waals surface area contributed by atoms with Gasteiger partial charge >= 0.3 is 6.03 Å². The molecule has 3 amide bonds. The van der Waals surface area contributed by atoms with Gasteiger partial charge in [-0.3, -0.25) is 4.79 Å². The van der Waals surface area contributed by atoms with Crippen LogP contribution >= 0.6 is 0 Å². The molecule has 1 saturated heterocycles. The molecule has 0 aliphatic carbocycles. The molecule has 2 atom stereocenters. The monoisotopic (exact) mass is 348 g/mol. The van der Waals surface area contributed by atoms with E-state index < -0.39 is 0 Å². The highest BCUT2D eigenvalue weighted by molar-refractivity contribution is 5.78. The van der Waals surface area contributed by atoms with Crippen LogP contribution in [0.3, 0.4) is 0 Å². The molecule has 25 heavy (non-hydrogen) atoms. The number of hydrogen-bond donors (Lipinski definition) is 3.